The molecule has 0 heterocycles. The van der Waals surface area contributed by atoms with Crippen LogP contribution in [0.2, 0.25) is 0 Å². The standard InChI is InChI=1S/C8H8F2/c1-6-4-8(10)3-2-7(6)5-9/h2-4H,5H2,1H3. The molecule has 0 bridgehead atoms. The number of aryl methyl sites for hydroxylation is 1. The maximum absolute atomic E-state index is 12.4. The van der Waals surface area contributed by atoms with Gasteiger partial charge in [-0.3, -0.25) is 0 Å². The van der Waals surface area contributed by atoms with Crippen molar-refractivity contribution in [2.45, 2.75) is 13.6 Å². The number of rotatable bonds is 1. The molecule has 0 spiro atoms. The first-order valence-corrected chi connectivity index (χ1v) is 3.05. The largest absolute Gasteiger partial charge is 0.246 e. The number of alkyl halides is 1. The van der Waals surface area contributed by atoms with E-state index in [9.17, 15) is 8.78 Å². The minimum atomic E-state index is -0.522. The Morgan fingerprint density at radius 2 is 2.10 bits per heavy atom. The SMILES string of the molecule is Cc1cc(F)ccc1CF. The van der Waals surface area contributed by atoms with Gasteiger partial charge in [-0.25, -0.2) is 8.78 Å². The third-order valence-electron chi connectivity index (χ3n) is 1.45. The first kappa shape index (κ1) is 7.19. The van der Waals surface area contributed by atoms with Gasteiger partial charge in [0.1, 0.15) is 12.5 Å². The van der Waals surface area contributed by atoms with E-state index in [1.807, 2.05) is 0 Å². The molecule has 0 radical (unpaired) electrons. The van der Waals surface area contributed by atoms with Crippen LogP contribution in [0.1, 0.15) is 11.1 Å². The molecule has 0 saturated heterocycles. The van der Waals surface area contributed by atoms with Gasteiger partial charge >= 0.3 is 0 Å². The Labute approximate surface area is 58.5 Å². The summed E-state index contributed by atoms with van der Waals surface area (Å²) < 4.78 is 24.4. The van der Waals surface area contributed by atoms with Crippen molar-refractivity contribution < 1.29 is 8.78 Å². The highest BCUT2D eigenvalue weighted by molar-refractivity contribution is 5.25. The van der Waals surface area contributed by atoms with Gasteiger partial charge in [-0.2, -0.15) is 0 Å². The maximum atomic E-state index is 12.4. The van der Waals surface area contributed by atoms with Crippen LogP contribution < -0.4 is 0 Å². The fourth-order valence-electron chi connectivity index (χ4n) is 0.809. The van der Waals surface area contributed by atoms with E-state index < -0.39 is 6.67 Å². The Balaban J connectivity index is 3.07. The molecule has 0 nitrogen and oxygen atoms in total. The minimum Gasteiger partial charge on any atom is -0.246 e. The zero-order chi connectivity index (χ0) is 7.56. The predicted octanol–water partition coefficient (Wildman–Crippen LogP) is 2.60. The van der Waals surface area contributed by atoms with Crippen LogP contribution in [-0.2, 0) is 6.67 Å². The summed E-state index contributed by atoms with van der Waals surface area (Å²) in [4.78, 5) is 0. The number of hydrogen-bond acceptors (Lipinski definition) is 0. The van der Waals surface area contributed by atoms with Gasteiger partial charge in [0.05, 0.1) is 0 Å². The molecule has 2 heteroatoms. The van der Waals surface area contributed by atoms with Gasteiger partial charge in [0.15, 0.2) is 0 Å². The lowest BCUT2D eigenvalue weighted by Crippen LogP contribution is -1.85. The van der Waals surface area contributed by atoms with Crippen LogP contribution in [0.15, 0.2) is 18.2 Å². The molecule has 0 aliphatic carbocycles. The Morgan fingerprint density at radius 1 is 1.40 bits per heavy atom. The topological polar surface area (TPSA) is 0 Å². The third kappa shape index (κ3) is 1.32. The number of benzene rings is 1. The molecular weight excluding hydrogens is 134 g/mol. The smallest absolute Gasteiger partial charge is 0.123 e. The second-order valence-electron chi connectivity index (χ2n) is 2.20. The minimum absolute atomic E-state index is 0.310. The van der Waals surface area contributed by atoms with E-state index in [-0.39, 0.29) is 5.82 Å². The molecule has 0 N–H and O–H groups in total. The van der Waals surface area contributed by atoms with Crippen LogP contribution >= 0.6 is 0 Å². The van der Waals surface area contributed by atoms with E-state index in [2.05, 4.69) is 0 Å². The van der Waals surface area contributed by atoms with Crippen LogP contribution in [0.3, 0.4) is 0 Å². The van der Waals surface area contributed by atoms with Crippen LogP contribution in [0.5, 0.6) is 0 Å². The van der Waals surface area contributed by atoms with Crippen LogP contribution in [0, 0.1) is 12.7 Å². The van der Waals surface area contributed by atoms with Gasteiger partial charge < -0.3 is 0 Å². The summed E-state index contributed by atoms with van der Waals surface area (Å²) in [5.74, 6) is -0.310. The number of halogens is 2. The van der Waals surface area contributed by atoms with Crippen LogP contribution in [0.25, 0.3) is 0 Å². The number of hydrogen-bond donors (Lipinski definition) is 0. The Hall–Kier alpha value is -0.920. The molecular formula is C8H8F2. The molecule has 0 amide bonds. The lowest BCUT2D eigenvalue weighted by molar-refractivity contribution is 0.482. The summed E-state index contributed by atoms with van der Waals surface area (Å²) >= 11 is 0. The molecule has 1 rings (SSSR count). The molecule has 0 fully saturated rings. The average molecular weight is 142 g/mol. The van der Waals surface area contributed by atoms with Gasteiger partial charge in [0.25, 0.3) is 0 Å². The van der Waals surface area contributed by atoms with Crippen molar-refractivity contribution in [3.05, 3.63) is 35.1 Å². The lowest BCUT2D eigenvalue weighted by atomic mass is 10.1. The van der Waals surface area contributed by atoms with E-state index in [0.29, 0.717) is 11.1 Å². The predicted molar refractivity (Wildman–Crippen MR) is 35.9 cm³/mol. The summed E-state index contributed by atoms with van der Waals surface area (Å²) in [6, 6.07) is 4.06. The zero-order valence-corrected chi connectivity index (χ0v) is 5.70. The van der Waals surface area contributed by atoms with E-state index in [1.54, 1.807) is 6.92 Å². The summed E-state index contributed by atoms with van der Waals surface area (Å²) in [7, 11) is 0. The molecule has 1 aromatic rings. The van der Waals surface area contributed by atoms with E-state index in [1.165, 1.54) is 18.2 Å². The van der Waals surface area contributed by atoms with Crippen LogP contribution in [-0.4, -0.2) is 0 Å². The normalized spacial score (nSPS) is 9.90. The van der Waals surface area contributed by atoms with Crippen molar-refractivity contribution >= 4 is 0 Å². The molecule has 0 aromatic heterocycles. The first-order valence-electron chi connectivity index (χ1n) is 3.05. The molecule has 0 aliphatic rings. The second-order valence-corrected chi connectivity index (χ2v) is 2.20. The highest BCUT2D eigenvalue weighted by Gasteiger charge is 1.97. The molecule has 0 unspecified atom stereocenters. The second kappa shape index (κ2) is 2.78. The molecule has 1 aromatic carbocycles. The average Bonchev–Trinajstić information content (AvgIpc) is 1.88. The van der Waals surface area contributed by atoms with Crippen molar-refractivity contribution in [3.63, 3.8) is 0 Å². The molecule has 10 heavy (non-hydrogen) atoms. The molecule has 54 valence electrons. The van der Waals surface area contributed by atoms with Gasteiger partial charge in [-0.05, 0) is 30.2 Å². The van der Waals surface area contributed by atoms with Gasteiger partial charge in [-0.1, -0.05) is 6.07 Å². The summed E-state index contributed by atoms with van der Waals surface area (Å²) in [6.45, 7) is 1.17. The fourth-order valence-corrected chi connectivity index (χ4v) is 0.809. The highest BCUT2D eigenvalue weighted by Crippen LogP contribution is 2.10. The Bertz CT molecular complexity index is 231. The van der Waals surface area contributed by atoms with Crippen molar-refractivity contribution in [2.75, 3.05) is 0 Å². The van der Waals surface area contributed by atoms with Gasteiger partial charge in [-0.15, -0.1) is 0 Å². The Kier molecular flexibility index (Phi) is 2.00. The quantitative estimate of drug-likeness (QED) is 0.565. The lowest BCUT2D eigenvalue weighted by Gasteiger charge is -1.98. The molecule has 0 aliphatic heterocycles. The van der Waals surface area contributed by atoms with Crippen molar-refractivity contribution in [2.24, 2.45) is 0 Å². The highest BCUT2D eigenvalue weighted by atomic mass is 19.1. The van der Waals surface area contributed by atoms with Crippen molar-refractivity contribution in [3.8, 4) is 0 Å². The summed E-state index contributed by atoms with van der Waals surface area (Å²) in [5, 5.41) is 0. The van der Waals surface area contributed by atoms with E-state index in [4.69, 9.17) is 0 Å². The molecule has 0 atom stereocenters. The Morgan fingerprint density at radius 3 is 2.60 bits per heavy atom. The zero-order valence-electron chi connectivity index (χ0n) is 5.70. The van der Waals surface area contributed by atoms with Crippen LogP contribution in [0.4, 0.5) is 8.78 Å². The van der Waals surface area contributed by atoms with Crippen molar-refractivity contribution in [1.82, 2.24) is 0 Å². The first-order chi connectivity index (χ1) is 4.74. The maximum Gasteiger partial charge on any atom is 0.123 e. The van der Waals surface area contributed by atoms with E-state index >= 15 is 0 Å². The fraction of sp³-hybridized carbons (Fsp3) is 0.250. The molecule has 0 saturated carbocycles. The van der Waals surface area contributed by atoms with E-state index in [0.717, 1.165) is 0 Å². The van der Waals surface area contributed by atoms with Gasteiger partial charge in [0, 0.05) is 0 Å². The monoisotopic (exact) mass is 142 g/mol. The summed E-state index contributed by atoms with van der Waals surface area (Å²) in [6.07, 6.45) is 0. The summed E-state index contributed by atoms with van der Waals surface area (Å²) in [5.41, 5.74) is 1.23. The van der Waals surface area contributed by atoms with Crippen molar-refractivity contribution in [1.29, 1.82) is 0 Å². The third-order valence-corrected chi connectivity index (χ3v) is 1.45. The van der Waals surface area contributed by atoms with Gasteiger partial charge in [0.2, 0.25) is 0 Å².